The zero-order chi connectivity index (χ0) is 27.6. The summed E-state index contributed by atoms with van der Waals surface area (Å²) >= 11 is 14.5. The van der Waals surface area contributed by atoms with Crippen LogP contribution >= 0.6 is 23.2 Å². The molecule has 0 aromatic heterocycles. The summed E-state index contributed by atoms with van der Waals surface area (Å²) in [5.41, 5.74) is -2.68. The van der Waals surface area contributed by atoms with Crippen LogP contribution in [0, 0.1) is 28.6 Å². The Morgan fingerprint density at radius 3 is 2.43 bits per heavy atom. The largest absolute Gasteiger partial charge is 0.457 e. The first-order valence-corrected chi connectivity index (χ1v) is 13.9. The van der Waals surface area contributed by atoms with Crippen LogP contribution in [0.1, 0.15) is 66.7 Å². The minimum Gasteiger partial charge on any atom is -0.457 e. The highest BCUT2D eigenvalue weighted by Crippen LogP contribution is 2.72. The lowest BCUT2D eigenvalue weighted by Crippen LogP contribution is -2.71. The molecule has 37 heavy (non-hydrogen) atoms. The van der Waals surface area contributed by atoms with Crippen LogP contribution in [0.3, 0.4) is 0 Å². The van der Waals surface area contributed by atoms with E-state index in [1.54, 1.807) is 26.0 Å². The summed E-state index contributed by atoms with van der Waals surface area (Å²) in [5.74, 6) is -2.89. The summed E-state index contributed by atoms with van der Waals surface area (Å²) < 4.78 is 11.3. The van der Waals surface area contributed by atoms with E-state index in [-0.39, 0.29) is 31.0 Å². The average Bonchev–Trinajstić information content (AvgIpc) is 3.05. The van der Waals surface area contributed by atoms with Crippen LogP contribution in [-0.4, -0.2) is 57.2 Å². The number of carbonyl (C=O) groups excluding carboxylic acids is 4. The van der Waals surface area contributed by atoms with Crippen molar-refractivity contribution in [3.05, 3.63) is 23.8 Å². The Balaban J connectivity index is 1.84. The van der Waals surface area contributed by atoms with Crippen molar-refractivity contribution >= 4 is 46.7 Å². The third-order valence-corrected chi connectivity index (χ3v) is 11.1. The number of esters is 2. The fourth-order valence-corrected chi connectivity index (χ4v) is 9.12. The van der Waals surface area contributed by atoms with Gasteiger partial charge in [0.15, 0.2) is 18.0 Å². The highest BCUT2D eigenvalue weighted by Gasteiger charge is 2.77. The van der Waals surface area contributed by atoms with E-state index in [4.69, 9.17) is 32.7 Å². The van der Waals surface area contributed by atoms with Crippen LogP contribution < -0.4 is 0 Å². The maximum Gasteiger partial charge on any atom is 0.306 e. The van der Waals surface area contributed by atoms with Crippen LogP contribution in [0.25, 0.3) is 0 Å². The van der Waals surface area contributed by atoms with Gasteiger partial charge in [-0.2, -0.15) is 0 Å². The Hall–Kier alpha value is -1.70. The van der Waals surface area contributed by atoms with Crippen molar-refractivity contribution < 1.29 is 33.8 Å². The zero-order valence-electron chi connectivity index (χ0n) is 22.0. The van der Waals surface area contributed by atoms with E-state index in [2.05, 4.69) is 0 Å². The van der Waals surface area contributed by atoms with Gasteiger partial charge in [-0.15, -0.1) is 23.2 Å². The van der Waals surface area contributed by atoms with Gasteiger partial charge in [-0.25, -0.2) is 0 Å². The van der Waals surface area contributed by atoms with Crippen molar-refractivity contribution in [2.75, 3.05) is 6.61 Å². The smallest absolute Gasteiger partial charge is 0.306 e. The van der Waals surface area contributed by atoms with E-state index in [9.17, 15) is 24.3 Å². The zero-order valence-corrected chi connectivity index (χ0v) is 23.5. The molecule has 204 valence electrons. The van der Waals surface area contributed by atoms with Crippen LogP contribution in [0.5, 0.6) is 0 Å². The van der Waals surface area contributed by atoms with Gasteiger partial charge < -0.3 is 14.6 Å². The molecule has 7 nitrogen and oxygen atoms in total. The van der Waals surface area contributed by atoms with Gasteiger partial charge in [0.05, 0.1) is 11.0 Å². The van der Waals surface area contributed by atoms with E-state index in [1.165, 1.54) is 6.08 Å². The van der Waals surface area contributed by atoms with Crippen molar-refractivity contribution in [1.29, 1.82) is 0 Å². The maximum atomic E-state index is 13.9. The van der Waals surface area contributed by atoms with E-state index < -0.39 is 69.0 Å². The normalized spacial score (nSPS) is 44.3. The predicted molar refractivity (Wildman–Crippen MR) is 138 cm³/mol. The summed E-state index contributed by atoms with van der Waals surface area (Å²) in [5, 5.41) is 11.3. The molecular formula is C28H36Cl2O7. The molecule has 3 fully saturated rings. The van der Waals surface area contributed by atoms with Crippen molar-refractivity contribution in [2.24, 2.45) is 28.6 Å². The monoisotopic (exact) mass is 554 g/mol. The van der Waals surface area contributed by atoms with Gasteiger partial charge in [-0.3, -0.25) is 19.2 Å². The Morgan fingerprint density at radius 1 is 1.16 bits per heavy atom. The molecular weight excluding hydrogens is 519 g/mol. The van der Waals surface area contributed by atoms with Crippen molar-refractivity contribution in [3.8, 4) is 0 Å². The minimum absolute atomic E-state index is 0.0614. The SMILES string of the molecule is CCC(=O)OCC(=O)[C@]1(OC(=O)CC)[C@H](C)C[C@H]2[C@@H]3[C@H](Cl)CC4=CC(=O)C=C[C@]4(C)[C@@]3(Cl)[C@@H](O)C[C@@]21C. The number of alkyl halides is 2. The summed E-state index contributed by atoms with van der Waals surface area (Å²) in [4.78, 5) is 49.5. The predicted octanol–water partition coefficient (Wildman–Crippen LogP) is 4.30. The molecule has 0 aliphatic heterocycles. The van der Waals surface area contributed by atoms with Gasteiger partial charge in [0.1, 0.15) is 0 Å². The van der Waals surface area contributed by atoms with E-state index in [1.807, 2.05) is 20.8 Å². The lowest BCUT2D eigenvalue weighted by Gasteiger charge is -2.65. The van der Waals surface area contributed by atoms with Gasteiger partial charge >= 0.3 is 11.9 Å². The molecule has 9 atom stereocenters. The lowest BCUT2D eigenvalue weighted by atomic mass is 9.45. The molecule has 4 aliphatic carbocycles. The molecule has 0 spiro atoms. The first kappa shape index (κ1) is 28.3. The minimum atomic E-state index is -1.62. The Kier molecular flexibility index (Phi) is 7.26. The molecule has 3 saturated carbocycles. The fraction of sp³-hybridized carbons (Fsp3) is 0.714. The molecule has 0 radical (unpaired) electrons. The quantitative estimate of drug-likeness (QED) is 0.385. The third kappa shape index (κ3) is 3.78. The highest BCUT2D eigenvalue weighted by atomic mass is 35.5. The van der Waals surface area contributed by atoms with Crippen molar-refractivity contribution in [3.63, 3.8) is 0 Å². The maximum absolute atomic E-state index is 13.9. The van der Waals surface area contributed by atoms with Gasteiger partial charge in [0.2, 0.25) is 5.78 Å². The fourth-order valence-electron chi connectivity index (χ4n) is 7.95. The number of hydrogen-bond donors (Lipinski definition) is 1. The highest BCUT2D eigenvalue weighted by molar-refractivity contribution is 6.28. The van der Waals surface area contributed by atoms with Crippen molar-refractivity contribution in [1.82, 2.24) is 0 Å². The van der Waals surface area contributed by atoms with Crippen LogP contribution in [0.2, 0.25) is 0 Å². The molecule has 0 bridgehead atoms. The molecule has 4 aliphatic rings. The van der Waals surface area contributed by atoms with Crippen LogP contribution in [0.4, 0.5) is 0 Å². The van der Waals surface area contributed by atoms with Crippen molar-refractivity contribution in [2.45, 2.75) is 88.7 Å². The molecule has 1 N–H and O–H groups in total. The number of aliphatic hydroxyl groups excluding tert-OH is 1. The van der Waals surface area contributed by atoms with E-state index >= 15 is 0 Å². The number of fused-ring (bicyclic) bond motifs is 5. The third-order valence-electron chi connectivity index (χ3n) is 9.78. The summed E-state index contributed by atoms with van der Waals surface area (Å²) in [6.07, 6.45) is 4.81. The number of rotatable bonds is 6. The molecule has 0 unspecified atom stereocenters. The Bertz CT molecular complexity index is 1080. The molecule has 0 amide bonds. The molecule has 0 heterocycles. The topological polar surface area (TPSA) is 107 Å². The molecule has 4 rings (SSSR count). The number of ether oxygens (including phenoxy) is 2. The van der Waals surface area contributed by atoms with Gasteiger partial charge in [0.25, 0.3) is 0 Å². The first-order chi connectivity index (χ1) is 17.2. The summed E-state index contributed by atoms with van der Waals surface area (Å²) in [6, 6.07) is 0. The standard InChI is InChI=1S/C28H36Cl2O7/c1-6-22(34)36-14-21(33)28(37-23(35)7-2)15(3)10-18-24-19(29)12-16-11-17(31)8-9-25(16,4)27(24,30)20(32)13-26(18,28)5/h8-9,11,15,18-20,24,32H,6-7,10,12-14H2,1-5H3/t15-,18+,19-,20+,24-,25+,26+,27-,28-/m1/s1. The Morgan fingerprint density at radius 2 is 1.81 bits per heavy atom. The second-order valence-electron chi connectivity index (χ2n) is 11.5. The summed E-state index contributed by atoms with van der Waals surface area (Å²) in [7, 11) is 0. The number of hydrogen-bond acceptors (Lipinski definition) is 7. The number of Topliss-reactive ketones (excluding diaryl/α,β-unsaturated/α-hetero) is 1. The second-order valence-corrected chi connectivity index (χ2v) is 12.7. The summed E-state index contributed by atoms with van der Waals surface area (Å²) in [6.45, 7) is 8.40. The average molecular weight is 555 g/mol. The van der Waals surface area contributed by atoms with Gasteiger partial charge in [0, 0.05) is 40.9 Å². The van der Waals surface area contributed by atoms with E-state index in [0.29, 0.717) is 12.8 Å². The number of allylic oxidation sites excluding steroid dienone is 4. The second kappa shape index (κ2) is 9.49. The molecule has 0 aromatic carbocycles. The molecule has 9 heteroatoms. The van der Waals surface area contributed by atoms with Gasteiger partial charge in [-0.05, 0) is 37.3 Å². The molecule has 0 saturated heterocycles. The van der Waals surface area contributed by atoms with E-state index in [0.717, 1.165) is 5.57 Å². The number of carbonyl (C=O) groups is 4. The number of ketones is 2. The van der Waals surface area contributed by atoms with Crippen LogP contribution in [0.15, 0.2) is 23.8 Å². The lowest BCUT2D eigenvalue weighted by molar-refractivity contribution is -0.203. The first-order valence-electron chi connectivity index (χ1n) is 13.1. The van der Waals surface area contributed by atoms with Gasteiger partial charge in [-0.1, -0.05) is 46.3 Å². The number of halogens is 2. The Labute approximate surface area is 227 Å². The molecule has 0 aromatic rings. The number of aliphatic hydroxyl groups is 1. The van der Waals surface area contributed by atoms with Crippen LogP contribution in [-0.2, 0) is 28.7 Å².